The summed E-state index contributed by atoms with van der Waals surface area (Å²) in [5, 5.41) is -0.245. The van der Waals surface area contributed by atoms with Crippen LogP contribution >= 0.6 is 11.6 Å². The lowest BCUT2D eigenvalue weighted by Gasteiger charge is -2.11. The van der Waals surface area contributed by atoms with Crippen LogP contribution in [-0.4, -0.2) is 6.54 Å². The molecule has 0 bridgehead atoms. The third kappa shape index (κ3) is 2.39. The summed E-state index contributed by atoms with van der Waals surface area (Å²) in [6, 6.07) is 3.84. The smallest absolute Gasteiger partial charge is 0.330 e. The number of rotatable bonds is 2. The van der Waals surface area contributed by atoms with Crippen LogP contribution < -0.4 is 5.73 Å². The van der Waals surface area contributed by atoms with Gasteiger partial charge in [-0.15, -0.1) is 0 Å². The van der Waals surface area contributed by atoms with Crippen LogP contribution in [0.3, 0.4) is 0 Å². The van der Waals surface area contributed by atoms with Crippen LogP contribution in [-0.2, 0) is 12.6 Å². The maximum atomic E-state index is 12.4. The number of hydrogen-bond acceptors (Lipinski definition) is 1. The molecule has 1 aromatic rings. The normalized spacial score (nSPS) is 11.8. The molecule has 5 heteroatoms. The van der Waals surface area contributed by atoms with Crippen LogP contribution in [0.2, 0.25) is 5.02 Å². The molecule has 0 saturated carbocycles. The van der Waals surface area contributed by atoms with Crippen molar-refractivity contribution in [2.45, 2.75) is 12.6 Å². The first kappa shape index (κ1) is 11.3. The lowest BCUT2D eigenvalue weighted by Crippen LogP contribution is -2.09. The van der Waals surface area contributed by atoms with E-state index in [9.17, 15) is 13.2 Å². The second-order valence-corrected chi connectivity index (χ2v) is 3.19. The van der Waals surface area contributed by atoms with Crippen molar-refractivity contribution in [2.24, 2.45) is 5.73 Å². The van der Waals surface area contributed by atoms with Gasteiger partial charge in [0.1, 0.15) is 0 Å². The molecule has 0 heterocycles. The number of alkyl halides is 3. The topological polar surface area (TPSA) is 26.0 Å². The standard InChI is InChI=1S/C9H9ClF3N/c10-8-6(4-5-14)2-1-3-7(8)9(11,12)13/h1-3H,4-5,14H2. The molecule has 0 saturated heterocycles. The second-order valence-electron chi connectivity index (χ2n) is 2.82. The Labute approximate surface area is 84.7 Å². The van der Waals surface area contributed by atoms with Crippen molar-refractivity contribution in [3.05, 3.63) is 34.3 Å². The fourth-order valence-electron chi connectivity index (χ4n) is 1.15. The molecule has 0 spiro atoms. The minimum Gasteiger partial charge on any atom is -0.330 e. The summed E-state index contributed by atoms with van der Waals surface area (Å²) in [6.45, 7) is 0.279. The van der Waals surface area contributed by atoms with Crippen LogP contribution in [0.4, 0.5) is 13.2 Å². The summed E-state index contributed by atoms with van der Waals surface area (Å²) in [7, 11) is 0. The Kier molecular flexibility index (Phi) is 3.39. The molecule has 2 N–H and O–H groups in total. The van der Waals surface area contributed by atoms with Crippen LogP contribution in [0, 0.1) is 0 Å². The van der Waals surface area contributed by atoms with Crippen LogP contribution in [0.15, 0.2) is 18.2 Å². The highest BCUT2D eigenvalue weighted by Crippen LogP contribution is 2.36. The fourth-order valence-corrected chi connectivity index (χ4v) is 1.47. The molecule has 78 valence electrons. The van der Waals surface area contributed by atoms with Crippen LogP contribution in [0.1, 0.15) is 11.1 Å². The molecular weight excluding hydrogens is 215 g/mol. The predicted molar refractivity (Wildman–Crippen MR) is 49.2 cm³/mol. The van der Waals surface area contributed by atoms with E-state index in [1.54, 1.807) is 6.07 Å². The van der Waals surface area contributed by atoms with E-state index in [1.165, 1.54) is 6.07 Å². The van der Waals surface area contributed by atoms with Gasteiger partial charge in [0.25, 0.3) is 0 Å². The van der Waals surface area contributed by atoms with Gasteiger partial charge in [0.2, 0.25) is 0 Å². The van der Waals surface area contributed by atoms with E-state index in [4.69, 9.17) is 17.3 Å². The first-order valence-electron chi connectivity index (χ1n) is 4.01. The highest BCUT2D eigenvalue weighted by Gasteiger charge is 2.33. The van der Waals surface area contributed by atoms with E-state index in [0.29, 0.717) is 12.0 Å². The molecule has 1 rings (SSSR count). The Morgan fingerprint density at radius 3 is 2.43 bits per heavy atom. The number of nitrogens with two attached hydrogens (primary N) is 1. The summed E-state index contributed by atoms with van der Waals surface area (Å²) in [5.74, 6) is 0. The van der Waals surface area contributed by atoms with Crippen molar-refractivity contribution in [1.29, 1.82) is 0 Å². The van der Waals surface area contributed by atoms with Gasteiger partial charge in [-0.2, -0.15) is 13.2 Å². The molecule has 14 heavy (non-hydrogen) atoms. The number of hydrogen-bond donors (Lipinski definition) is 1. The van der Waals surface area contributed by atoms with Crippen molar-refractivity contribution >= 4 is 11.6 Å². The third-order valence-electron chi connectivity index (χ3n) is 1.80. The Morgan fingerprint density at radius 2 is 1.93 bits per heavy atom. The fraction of sp³-hybridized carbons (Fsp3) is 0.333. The average Bonchev–Trinajstić information content (AvgIpc) is 2.07. The zero-order valence-electron chi connectivity index (χ0n) is 7.24. The van der Waals surface area contributed by atoms with Crippen LogP contribution in [0.5, 0.6) is 0 Å². The second kappa shape index (κ2) is 4.19. The Balaban J connectivity index is 3.14. The predicted octanol–water partition coefficient (Wildman–Crippen LogP) is 2.86. The van der Waals surface area contributed by atoms with Crippen molar-refractivity contribution in [3.8, 4) is 0 Å². The average molecular weight is 224 g/mol. The molecule has 0 aliphatic carbocycles. The first-order chi connectivity index (χ1) is 6.46. The van der Waals surface area contributed by atoms with E-state index in [-0.39, 0.29) is 11.6 Å². The monoisotopic (exact) mass is 223 g/mol. The number of benzene rings is 1. The molecule has 0 fully saturated rings. The van der Waals surface area contributed by atoms with Gasteiger partial charge in [0, 0.05) is 0 Å². The van der Waals surface area contributed by atoms with E-state index < -0.39 is 11.7 Å². The molecule has 0 aromatic heterocycles. The maximum Gasteiger partial charge on any atom is 0.417 e. The summed E-state index contributed by atoms with van der Waals surface area (Å²) in [6.07, 6.45) is -4.05. The van der Waals surface area contributed by atoms with E-state index in [1.807, 2.05) is 0 Å². The van der Waals surface area contributed by atoms with Crippen molar-refractivity contribution in [1.82, 2.24) is 0 Å². The maximum absolute atomic E-state index is 12.4. The summed E-state index contributed by atoms with van der Waals surface area (Å²) >= 11 is 5.60. The van der Waals surface area contributed by atoms with Gasteiger partial charge >= 0.3 is 6.18 Å². The lowest BCUT2D eigenvalue weighted by atomic mass is 10.1. The van der Waals surface area contributed by atoms with Crippen LogP contribution in [0.25, 0.3) is 0 Å². The Hall–Kier alpha value is -0.740. The largest absolute Gasteiger partial charge is 0.417 e. The minimum atomic E-state index is -4.40. The highest BCUT2D eigenvalue weighted by molar-refractivity contribution is 6.32. The molecule has 1 aromatic carbocycles. The summed E-state index contributed by atoms with van der Waals surface area (Å²) in [5.41, 5.74) is 4.88. The van der Waals surface area contributed by atoms with E-state index in [2.05, 4.69) is 0 Å². The van der Waals surface area contributed by atoms with Gasteiger partial charge in [-0.1, -0.05) is 23.7 Å². The van der Waals surface area contributed by atoms with E-state index in [0.717, 1.165) is 6.07 Å². The Bertz CT molecular complexity index is 322. The molecule has 1 nitrogen and oxygen atoms in total. The van der Waals surface area contributed by atoms with Gasteiger partial charge in [0.15, 0.2) is 0 Å². The number of halogens is 4. The molecular formula is C9H9ClF3N. The summed E-state index contributed by atoms with van der Waals surface area (Å²) < 4.78 is 37.1. The third-order valence-corrected chi connectivity index (χ3v) is 2.24. The van der Waals surface area contributed by atoms with Gasteiger partial charge in [-0.25, -0.2) is 0 Å². The zero-order chi connectivity index (χ0) is 10.8. The quantitative estimate of drug-likeness (QED) is 0.820. The Morgan fingerprint density at radius 1 is 1.29 bits per heavy atom. The van der Waals surface area contributed by atoms with Crippen molar-refractivity contribution in [2.75, 3.05) is 6.54 Å². The molecule has 0 aliphatic heterocycles. The highest BCUT2D eigenvalue weighted by atomic mass is 35.5. The molecule has 0 aliphatic rings. The minimum absolute atomic E-state index is 0.245. The molecule has 0 unspecified atom stereocenters. The SMILES string of the molecule is NCCc1cccc(C(F)(F)F)c1Cl. The van der Waals surface area contributed by atoms with E-state index >= 15 is 0 Å². The van der Waals surface area contributed by atoms with Gasteiger partial charge < -0.3 is 5.73 Å². The molecule has 0 radical (unpaired) electrons. The van der Waals surface area contributed by atoms with Crippen molar-refractivity contribution < 1.29 is 13.2 Å². The van der Waals surface area contributed by atoms with Gasteiger partial charge in [0.05, 0.1) is 10.6 Å². The lowest BCUT2D eigenvalue weighted by molar-refractivity contribution is -0.137. The zero-order valence-corrected chi connectivity index (χ0v) is 7.99. The first-order valence-corrected chi connectivity index (χ1v) is 4.39. The van der Waals surface area contributed by atoms with Crippen molar-refractivity contribution in [3.63, 3.8) is 0 Å². The summed E-state index contributed by atoms with van der Waals surface area (Å²) in [4.78, 5) is 0. The van der Waals surface area contributed by atoms with Gasteiger partial charge in [-0.05, 0) is 24.6 Å². The molecule has 0 atom stereocenters. The van der Waals surface area contributed by atoms with Gasteiger partial charge in [-0.3, -0.25) is 0 Å². The molecule has 0 amide bonds.